The molecule has 0 saturated carbocycles. The summed E-state index contributed by atoms with van der Waals surface area (Å²) in [6, 6.07) is 10.8. The maximum absolute atomic E-state index is 5.48. The molecule has 0 spiro atoms. The molecule has 70 valence electrons. The van der Waals surface area contributed by atoms with Gasteiger partial charge in [0.2, 0.25) is 0 Å². The topological polar surface area (TPSA) is 21.3 Å². The Hall–Kier alpha value is -1.02. The van der Waals surface area contributed by atoms with Crippen molar-refractivity contribution in [1.82, 2.24) is 0 Å². The Bertz CT molecular complexity index is 260. The number of anilines is 1. The number of benzene rings is 1. The Labute approximate surface area is 78.9 Å². The van der Waals surface area contributed by atoms with E-state index >= 15 is 0 Å². The lowest BCUT2D eigenvalue weighted by atomic mass is 10.1. The second-order valence-corrected chi connectivity index (χ2v) is 3.48. The highest BCUT2D eigenvalue weighted by Gasteiger charge is 2.23. The first-order chi connectivity index (χ1) is 6.36. The molecule has 1 aromatic rings. The third kappa shape index (κ3) is 2.01. The highest BCUT2D eigenvalue weighted by molar-refractivity contribution is 5.43. The molecule has 0 aromatic heterocycles. The largest absolute Gasteiger partial charge is 0.380 e. The summed E-state index contributed by atoms with van der Waals surface area (Å²) in [5, 5.41) is 3.47. The van der Waals surface area contributed by atoms with Crippen molar-refractivity contribution in [3.63, 3.8) is 0 Å². The number of para-hydroxylation sites is 1. The lowest BCUT2D eigenvalue weighted by Gasteiger charge is -2.16. The Morgan fingerprint density at radius 1 is 1.31 bits per heavy atom. The van der Waals surface area contributed by atoms with E-state index in [4.69, 9.17) is 4.74 Å². The van der Waals surface area contributed by atoms with Crippen LogP contribution in [0.2, 0.25) is 0 Å². The van der Waals surface area contributed by atoms with Gasteiger partial charge in [-0.1, -0.05) is 18.2 Å². The van der Waals surface area contributed by atoms with Crippen LogP contribution in [-0.2, 0) is 4.74 Å². The summed E-state index contributed by atoms with van der Waals surface area (Å²) in [6.45, 7) is 3.00. The van der Waals surface area contributed by atoms with Crippen LogP contribution in [0, 0.1) is 0 Å². The van der Waals surface area contributed by atoms with E-state index in [9.17, 15) is 0 Å². The van der Waals surface area contributed by atoms with Gasteiger partial charge in [0, 0.05) is 12.3 Å². The van der Waals surface area contributed by atoms with Crippen LogP contribution in [0.4, 0.5) is 5.69 Å². The molecule has 1 N–H and O–H groups in total. The molecule has 1 heterocycles. The molecule has 13 heavy (non-hydrogen) atoms. The van der Waals surface area contributed by atoms with Crippen molar-refractivity contribution in [2.45, 2.75) is 25.5 Å². The average Bonchev–Trinajstić information content (AvgIpc) is 2.54. The SMILES string of the molecule is C[C@H]1OCC[C@@H]1Nc1ccccc1. The molecule has 1 aromatic carbocycles. The Balaban J connectivity index is 1.98. The van der Waals surface area contributed by atoms with Gasteiger partial charge in [-0.2, -0.15) is 0 Å². The zero-order valence-corrected chi connectivity index (χ0v) is 7.86. The predicted molar refractivity (Wildman–Crippen MR) is 53.9 cm³/mol. The summed E-state index contributed by atoms with van der Waals surface area (Å²) < 4.78 is 5.48. The summed E-state index contributed by atoms with van der Waals surface area (Å²) in [6.07, 6.45) is 1.44. The molecule has 2 atom stereocenters. The third-order valence-corrected chi connectivity index (χ3v) is 2.50. The van der Waals surface area contributed by atoms with E-state index in [1.807, 2.05) is 18.2 Å². The Morgan fingerprint density at radius 3 is 2.69 bits per heavy atom. The lowest BCUT2D eigenvalue weighted by molar-refractivity contribution is 0.121. The molecular weight excluding hydrogens is 162 g/mol. The predicted octanol–water partition coefficient (Wildman–Crippen LogP) is 2.28. The fourth-order valence-electron chi connectivity index (χ4n) is 1.67. The minimum absolute atomic E-state index is 0.334. The molecule has 1 fully saturated rings. The van der Waals surface area contributed by atoms with E-state index in [2.05, 4.69) is 24.4 Å². The summed E-state index contributed by atoms with van der Waals surface area (Å²) in [4.78, 5) is 0. The monoisotopic (exact) mass is 177 g/mol. The van der Waals surface area contributed by atoms with Crippen molar-refractivity contribution < 1.29 is 4.74 Å². The Kier molecular flexibility index (Phi) is 2.50. The molecule has 2 nitrogen and oxygen atoms in total. The van der Waals surface area contributed by atoms with Gasteiger partial charge >= 0.3 is 0 Å². The number of hydrogen-bond acceptors (Lipinski definition) is 2. The fraction of sp³-hybridized carbons (Fsp3) is 0.455. The molecule has 2 heteroatoms. The zero-order chi connectivity index (χ0) is 9.10. The van der Waals surface area contributed by atoms with Gasteiger partial charge in [0.15, 0.2) is 0 Å². The van der Waals surface area contributed by atoms with Crippen LogP contribution >= 0.6 is 0 Å². The van der Waals surface area contributed by atoms with Crippen LogP contribution in [0.1, 0.15) is 13.3 Å². The lowest BCUT2D eigenvalue weighted by Crippen LogP contribution is -2.26. The highest BCUT2D eigenvalue weighted by Crippen LogP contribution is 2.18. The van der Waals surface area contributed by atoms with Gasteiger partial charge < -0.3 is 10.1 Å². The van der Waals surface area contributed by atoms with E-state index in [1.54, 1.807) is 0 Å². The van der Waals surface area contributed by atoms with E-state index < -0.39 is 0 Å². The minimum atomic E-state index is 0.334. The van der Waals surface area contributed by atoms with Gasteiger partial charge in [-0.3, -0.25) is 0 Å². The van der Waals surface area contributed by atoms with Crippen LogP contribution < -0.4 is 5.32 Å². The first-order valence-electron chi connectivity index (χ1n) is 4.79. The van der Waals surface area contributed by atoms with Crippen LogP contribution in [0.5, 0.6) is 0 Å². The molecular formula is C11H15NO. The number of ether oxygens (including phenoxy) is 1. The first kappa shape index (κ1) is 8.57. The molecule has 0 radical (unpaired) electrons. The first-order valence-corrected chi connectivity index (χ1v) is 4.79. The van der Waals surface area contributed by atoms with Crippen molar-refractivity contribution >= 4 is 5.69 Å². The zero-order valence-electron chi connectivity index (χ0n) is 7.86. The molecule has 0 amide bonds. The molecule has 1 saturated heterocycles. The van der Waals surface area contributed by atoms with Crippen molar-refractivity contribution in [2.75, 3.05) is 11.9 Å². The van der Waals surface area contributed by atoms with E-state index in [1.165, 1.54) is 5.69 Å². The normalized spacial score (nSPS) is 27.5. The van der Waals surface area contributed by atoms with Crippen molar-refractivity contribution in [3.05, 3.63) is 30.3 Å². The second-order valence-electron chi connectivity index (χ2n) is 3.48. The summed E-state index contributed by atoms with van der Waals surface area (Å²) in [7, 11) is 0. The van der Waals surface area contributed by atoms with Gasteiger partial charge in [0.25, 0.3) is 0 Å². The summed E-state index contributed by atoms with van der Waals surface area (Å²) >= 11 is 0. The molecule has 2 rings (SSSR count). The van der Waals surface area contributed by atoms with E-state index in [-0.39, 0.29) is 0 Å². The molecule has 0 aliphatic carbocycles. The summed E-state index contributed by atoms with van der Waals surface area (Å²) in [5.41, 5.74) is 1.19. The molecule has 1 aliphatic heterocycles. The quantitative estimate of drug-likeness (QED) is 0.748. The van der Waals surface area contributed by atoms with Crippen molar-refractivity contribution in [1.29, 1.82) is 0 Å². The standard InChI is InChI=1S/C11H15NO/c1-9-11(7-8-13-9)12-10-5-3-2-4-6-10/h2-6,9,11-12H,7-8H2,1H3/t9-,11+/m1/s1. The van der Waals surface area contributed by atoms with Crippen molar-refractivity contribution in [2.24, 2.45) is 0 Å². The summed E-state index contributed by atoms with van der Waals surface area (Å²) in [5.74, 6) is 0. The smallest absolute Gasteiger partial charge is 0.0748 e. The molecule has 0 unspecified atom stereocenters. The Morgan fingerprint density at radius 2 is 2.08 bits per heavy atom. The number of nitrogens with one attached hydrogen (secondary N) is 1. The van der Waals surface area contributed by atoms with Gasteiger partial charge in [0.05, 0.1) is 12.1 Å². The average molecular weight is 177 g/mol. The van der Waals surface area contributed by atoms with Crippen LogP contribution in [-0.4, -0.2) is 18.8 Å². The molecule has 1 aliphatic rings. The number of rotatable bonds is 2. The fourth-order valence-corrected chi connectivity index (χ4v) is 1.67. The van der Waals surface area contributed by atoms with Gasteiger partial charge in [-0.15, -0.1) is 0 Å². The van der Waals surface area contributed by atoms with Gasteiger partial charge in [0.1, 0.15) is 0 Å². The van der Waals surface area contributed by atoms with E-state index in [0.717, 1.165) is 13.0 Å². The third-order valence-electron chi connectivity index (χ3n) is 2.50. The van der Waals surface area contributed by atoms with Crippen molar-refractivity contribution in [3.8, 4) is 0 Å². The van der Waals surface area contributed by atoms with Crippen LogP contribution in [0.15, 0.2) is 30.3 Å². The second kappa shape index (κ2) is 3.79. The highest BCUT2D eigenvalue weighted by atomic mass is 16.5. The van der Waals surface area contributed by atoms with Gasteiger partial charge in [-0.25, -0.2) is 0 Å². The van der Waals surface area contributed by atoms with E-state index in [0.29, 0.717) is 12.1 Å². The maximum Gasteiger partial charge on any atom is 0.0748 e. The minimum Gasteiger partial charge on any atom is -0.380 e. The molecule has 0 bridgehead atoms. The number of hydrogen-bond donors (Lipinski definition) is 1. The van der Waals surface area contributed by atoms with Crippen LogP contribution in [0.3, 0.4) is 0 Å². The van der Waals surface area contributed by atoms with Crippen LogP contribution in [0.25, 0.3) is 0 Å². The van der Waals surface area contributed by atoms with Gasteiger partial charge in [-0.05, 0) is 25.5 Å². The maximum atomic E-state index is 5.48.